The monoisotopic (exact) mass is 281 g/mol. The molecular formula is C17H19N3O. The molecule has 0 atom stereocenters. The molecule has 4 heteroatoms. The molecule has 0 spiro atoms. The zero-order chi connectivity index (χ0) is 15.0. The number of nitrogens with two attached hydrogens (primary N) is 1. The predicted octanol–water partition coefficient (Wildman–Crippen LogP) is 3.70. The van der Waals surface area contributed by atoms with Crippen LogP contribution in [0.3, 0.4) is 0 Å². The lowest BCUT2D eigenvalue weighted by Crippen LogP contribution is -2.05. The number of fused-ring (bicyclic) bond motifs is 1. The van der Waals surface area contributed by atoms with Gasteiger partial charge in [-0.25, -0.2) is 4.98 Å². The van der Waals surface area contributed by atoms with Crippen molar-refractivity contribution in [3.63, 3.8) is 0 Å². The molecule has 3 aromatic rings. The maximum absolute atomic E-state index is 6.13. The van der Waals surface area contributed by atoms with E-state index in [2.05, 4.69) is 24.0 Å². The average Bonchev–Trinajstić information content (AvgIpc) is 2.75. The van der Waals surface area contributed by atoms with Gasteiger partial charge in [0.15, 0.2) is 0 Å². The Kier molecular flexibility index (Phi) is 3.29. The molecule has 0 aliphatic heterocycles. The summed E-state index contributed by atoms with van der Waals surface area (Å²) in [5.74, 6) is 1.23. The second-order valence-electron chi connectivity index (χ2n) is 5.43. The van der Waals surface area contributed by atoms with Gasteiger partial charge in [0.2, 0.25) is 5.95 Å². The minimum Gasteiger partial charge on any atom is -0.489 e. The van der Waals surface area contributed by atoms with Crippen molar-refractivity contribution < 1.29 is 4.74 Å². The second kappa shape index (κ2) is 5.13. The molecule has 108 valence electrons. The highest BCUT2D eigenvalue weighted by Crippen LogP contribution is 2.30. The molecule has 2 N–H and O–H groups in total. The SMILES string of the molecule is Cc1cccc(-n2c(N)nc3c(OC(C)C)cccc32)c1. The standard InChI is InChI=1S/C17H19N3O/c1-11(2)21-15-9-5-8-14-16(15)19-17(18)20(14)13-7-4-6-12(3)10-13/h4-11H,1-3H3,(H2,18,19). The lowest BCUT2D eigenvalue weighted by molar-refractivity contribution is 0.245. The highest BCUT2D eigenvalue weighted by molar-refractivity contribution is 5.86. The number of hydrogen-bond acceptors (Lipinski definition) is 3. The topological polar surface area (TPSA) is 53.1 Å². The summed E-state index contributed by atoms with van der Waals surface area (Å²) in [5, 5.41) is 0. The molecule has 0 saturated heterocycles. The number of aromatic nitrogens is 2. The maximum Gasteiger partial charge on any atom is 0.206 e. The van der Waals surface area contributed by atoms with E-state index in [-0.39, 0.29) is 6.10 Å². The average molecular weight is 281 g/mol. The normalized spacial score (nSPS) is 11.2. The molecule has 1 aromatic heterocycles. The molecular weight excluding hydrogens is 262 g/mol. The summed E-state index contributed by atoms with van der Waals surface area (Å²) in [4.78, 5) is 4.49. The first-order valence-corrected chi connectivity index (χ1v) is 7.07. The molecule has 0 amide bonds. The van der Waals surface area contributed by atoms with Crippen molar-refractivity contribution >= 4 is 17.0 Å². The molecule has 4 nitrogen and oxygen atoms in total. The van der Waals surface area contributed by atoms with Crippen molar-refractivity contribution in [1.82, 2.24) is 9.55 Å². The Labute approximate surface area is 124 Å². The highest BCUT2D eigenvalue weighted by Gasteiger charge is 2.14. The molecule has 0 bridgehead atoms. The smallest absolute Gasteiger partial charge is 0.206 e. The van der Waals surface area contributed by atoms with Gasteiger partial charge in [-0.3, -0.25) is 4.57 Å². The van der Waals surface area contributed by atoms with Gasteiger partial charge in [0.05, 0.1) is 11.6 Å². The lowest BCUT2D eigenvalue weighted by atomic mass is 10.2. The van der Waals surface area contributed by atoms with Crippen molar-refractivity contribution in [3.05, 3.63) is 48.0 Å². The van der Waals surface area contributed by atoms with Crippen LogP contribution in [0.2, 0.25) is 0 Å². The quantitative estimate of drug-likeness (QED) is 0.796. The number of ether oxygens (including phenoxy) is 1. The van der Waals surface area contributed by atoms with Gasteiger partial charge in [0.1, 0.15) is 11.3 Å². The van der Waals surface area contributed by atoms with Gasteiger partial charge in [-0.05, 0) is 50.6 Å². The Hall–Kier alpha value is -2.49. The van der Waals surface area contributed by atoms with E-state index in [1.165, 1.54) is 5.56 Å². The van der Waals surface area contributed by atoms with Crippen LogP contribution in [0.1, 0.15) is 19.4 Å². The van der Waals surface area contributed by atoms with Crippen LogP contribution < -0.4 is 10.5 Å². The molecule has 3 rings (SSSR count). The summed E-state index contributed by atoms with van der Waals surface area (Å²) in [6.45, 7) is 6.06. The lowest BCUT2D eigenvalue weighted by Gasteiger charge is -2.10. The summed E-state index contributed by atoms with van der Waals surface area (Å²) in [7, 11) is 0. The van der Waals surface area contributed by atoms with Crippen molar-refractivity contribution in [2.75, 3.05) is 5.73 Å². The first kappa shape index (κ1) is 13.5. The minimum atomic E-state index is 0.0981. The zero-order valence-electron chi connectivity index (χ0n) is 12.5. The fourth-order valence-corrected chi connectivity index (χ4v) is 2.48. The van der Waals surface area contributed by atoms with Crippen LogP contribution in [0.5, 0.6) is 5.75 Å². The fourth-order valence-electron chi connectivity index (χ4n) is 2.48. The molecule has 0 unspecified atom stereocenters. The number of para-hydroxylation sites is 1. The van der Waals surface area contributed by atoms with E-state index in [1.807, 2.05) is 48.7 Å². The number of imidazole rings is 1. The van der Waals surface area contributed by atoms with Crippen LogP contribution in [-0.4, -0.2) is 15.7 Å². The largest absolute Gasteiger partial charge is 0.489 e. The van der Waals surface area contributed by atoms with Crippen LogP contribution in [0.25, 0.3) is 16.7 Å². The Bertz CT molecular complexity index is 790. The molecule has 2 aromatic carbocycles. The molecule has 21 heavy (non-hydrogen) atoms. The summed E-state index contributed by atoms with van der Waals surface area (Å²) in [5.41, 5.74) is 10.1. The van der Waals surface area contributed by atoms with Gasteiger partial charge in [0, 0.05) is 5.69 Å². The summed E-state index contributed by atoms with van der Waals surface area (Å²) in [6.07, 6.45) is 0.0981. The highest BCUT2D eigenvalue weighted by atomic mass is 16.5. The van der Waals surface area contributed by atoms with E-state index in [4.69, 9.17) is 10.5 Å². The van der Waals surface area contributed by atoms with E-state index in [9.17, 15) is 0 Å². The molecule has 0 fully saturated rings. The second-order valence-corrected chi connectivity index (χ2v) is 5.43. The number of benzene rings is 2. The predicted molar refractivity (Wildman–Crippen MR) is 86.0 cm³/mol. The number of aryl methyl sites for hydroxylation is 1. The first-order valence-electron chi connectivity index (χ1n) is 7.07. The van der Waals surface area contributed by atoms with Crippen LogP contribution in [-0.2, 0) is 0 Å². The van der Waals surface area contributed by atoms with Gasteiger partial charge in [0.25, 0.3) is 0 Å². The summed E-state index contributed by atoms with van der Waals surface area (Å²) in [6, 6.07) is 14.1. The third kappa shape index (κ3) is 2.44. The third-order valence-electron chi connectivity index (χ3n) is 3.30. The number of nitrogen functional groups attached to an aromatic ring is 1. The van der Waals surface area contributed by atoms with Crippen LogP contribution >= 0.6 is 0 Å². The Morgan fingerprint density at radius 1 is 1.14 bits per heavy atom. The molecule has 1 heterocycles. The molecule has 0 radical (unpaired) electrons. The first-order chi connectivity index (χ1) is 10.1. The molecule has 0 aliphatic rings. The van der Waals surface area contributed by atoms with Crippen molar-refractivity contribution in [1.29, 1.82) is 0 Å². The van der Waals surface area contributed by atoms with E-state index in [0.717, 1.165) is 22.5 Å². The fraction of sp³-hybridized carbons (Fsp3) is 0.235. The van der Waals surface area contributed by atoms with Gasteiger partial charge >= 0.3 is 0 Å². The van der Waals surface area contributed by atoms with Gasteiger partial charge < -0.3 is 10.5 Å². The third-order valence-corrected chi connectivity index (χ3v) is 3.30. The van der Waals surface area contributed by atoms with Gasteiger partial charge in [-0.1, -0.05) is 18.2 Å². The van der Waals surface area contributed by atoms with Crippen LogP contribution in [0.15, 0.2) is 42.5 Å². The Morgan fingerprint density at radius 3 is 2.62 bits per heavy atom. The number of rotatable bonds is 3. The maximum atomic E-state index is 6.13. The van der Waals surface area contributed by atoms with Gasteiger partial charge in [-0.2, -0.15) is 0 Å². The van der Waals surface area contributed by atoms with Crippen molar-refractivity contribution in [2.45, 2.75) is 26.9 Å². The van der Waals surface area contributed by atoms with E-state index in [1.54, 1.807) is 0 Å². The zero-order valence-corrected chi connectivity index (χ0v) is 12.5. The minimum absolute atomic E-state index is 0.0981. The van der Waals surface area contributed by atoms with E-state index < -0.39 is 0 Å². The number of hydrogen-bond donors (Lipinski definition) is 1. The van der Waals surface area contributed by atoms with Gasteiger partial charge in [-0.15, -0.1) is 0 Å². The summed E-state index contributed by atoms with van der Waals surface area (Å²) >= 11 is 0. The number of nitrogens with zero attached hydrogens (tertiary/aromatic N) is 2. The van der Waals surface area contributed by atoms with Crippen LogP contribution in [0.4, 0.5) is 5.95 Å². The molecule has 0 aliphatic carbocycles. The number of anilines is 1. The van der Waals surface area contributed by atoms with Crippen molar-refractivity contribution in [3.8, 4) is 11.4 Å². The Balaban J connectivity index is 2.23. The summed E-state index contributed by atoms with van der Waals surface area (Å²) < 4.78 is 7.78. The van der Waals surface area contributed by atoms with E-state index >= 15 is 0 Å². The van der Waals surface area contributed by atoms with Crippen LogP contribution in [0, 0.1) is 6.92 Å². The van der Waals surface area contributed by atoms with Crippen molar-refractivity contribution in [2.24, 2.45) is 0 Å². The Morgan fingerprint density at radius 2 is 1.90 bits per heavy atom. The van der Waals surface area contributed by atoms with E-state index in [0.29, 0.717) is 5.95 Å². The molecule has 0 saturated carbocycles.